The van der Waals surface area contributed by atoms with Crippen molar-refractivity contribution >= 4 is 12.0 Å². The summed E-state index contributed by atoms with van der Waals surface area (Å²) in [5.74, 6) is -0.229. The van der Waals surface area contributed by atoms with Crippen LogP contribution in [0.4, 0.5) is 4.79 Å². The molecule has 2 N–H and O–H groups in total. The monoisotopic (exact) mass is 360 g/mol. The molecule has 0 bridgehead atoms. The van der Waals surface area contributed by atoms with E-state index in [1.54, 1.807) is 4.90 Å². The Morgan fingerprint density at radius 2 is 1.88 bits per heavy atom. The summed E-state index contributed by atoms with van der Waals surface area (Å²) in [4.78, 5) is 25.2. The normalized spacial score (nSPS) is 23.7. The van der Waals surface area contributed by atoms with Gasteiger partial charge in [-0.1, -0.05) is 19.1 Å². The van der Waals surface area contributed by atoms with Crippen molar-refractivity contribution in [3.63, 3.8) is 0 Å². The summed E-state index contributed by atoms with van der Waals surface area (Å²) in [5.41, 5.74) is 0.997. The Morgan fingerprint density at radius 1 is 1.19 bits per heavy atom. The van der Waals surface area contributed by atoms with Gasteiger partial charge >= 0.3 is 12.0 Å². The van der Waals surface area contributed by atoms with E-state index in [4.69, 9.17) is 4.74 Å². The number of urea groups is 1. The maximum atomic E-state index is 12.4. The van der Waals surface area contributed by atoms with Crippen molar-refractivity contribution in [1.82, 2.24) is 10.2 Å². The molecule has 3 rings (SSSR count). The third kappa shape index (κ3) is 4.90. The van der Waals surface area contributed by atoms with Crippen molar-refractivity contribution in [3.8, 4) is 5.75 Å². The van der Waals surface area contributed by atoms with Gasteiger partial charge in [-0.05, 0) is 55.7 Å². The first-order valence-electron chi connectivity index (χ1n) is 9.52. The highest BCUT2D eigenvalue weighted by molar-refractivity contribution is 5.76. The Morgan fingerprint density at radius 3 is 2.54 bits per heavy atom. The van der Waals surface area contributed by atoms with Gasteiger partial charge in [0.25, 0.3) is 0 Å². The van der Waals surface area contributed by atoms with Gasteiger partial charge in [-0.2, -0.15) is 0 Å². The molecule has 6 nitrogen and oxygen atoms in total. The molecule has 2 atom stereocenters. The lowest BCUT2D eigenvalue weighted by molar-refractivity contribution is -0.143. The van der Waals surface area contributed by atoms with Gasteiger partial charge in [0.1, 0.15) is 5.75 Å². The zero-order chi connectivity index (χ0) is 18.5. The van der Waals surface area contributed by atoms with Crippen LogP contribution >= 0.6 is 0 Å². The zero-order valence-corrected chi connectivity index (χ0v) is 15.3. The smallest absolute Gasteiger partial charge is 0.317 e. The van der Waals surface area contributed by atoms with Crippen LogP contribution in [0.2, 0.25) is 0 Å². The number of aliphatic carboxylic acids is 1. The summed E-state index contributed by atoms with van der Waals surface area (Å²) in [6.07, 6.45) is 5.71. The number of hydrogen-bond acceptors (Lipinski definition) is 3. The van der Waals surface area contributed by atoms with Gasteiger partial charge in [0.15, 0.2) is 0 Å². The second kappa shape index (κ2) is 8.43. The lowest BCUT2D eigenvalue weighted by Gasteiger charge is -2.34. The van der Waals surface area contributed by atoms with E-state index in [1.165, 1.54) is 12.8 Å². The highest BCUT2D eigenvalue weighted by atomic mass is 16.5. The zero-order valence-electron chi connectivity index (χ0n) is 15.3. The largest absolute Gasteiger partial charge is 0.490 e. The van der Waals surface area contributed by atoms with Crippen LogP contribution in [0.25, 0.3) is 0 Å². The van der Waals surface area contributed by atoms with Crippen LogP contribution in [-0.4, -0.2) is 41.2 Å². The van der Waals surface area contributed by atoms with Crippen molar-refractivity contribution in [2.45, 2.75) is 51.7 Å². The van der Waals surface area contributed by atoms with E-state index in [9.17, 15) is 14.7 Å². The van der Waals surface area contributed by atoms with E-state index in [0.717, 1.165) is 24.2 Å². The van der Waals surface area contributed by atoms with Crippen LogP contribution in [0.5, 0.6) is 5.75 Å². The molecule has 1 aliphatic heterocycles. The predicted octanol–water partition coefficient (Wildman–Crippen LogP) is 3.26. The standard InChI is InChI=1S/C20H28N2O4/c1-14-10-16(19(23)24)13-22(12-14)20(25)21-11-15-6-8-18(9-7-15)26-17-4-2-3-5-17/h6-9,14,16-17H,2-5,10-13H2,1H3,(H,21,25)(H,23,24). The van der Waals surface area contributed by atoms with E-state index in [1.807, 2.05) is 31.2 Å². The molecule has 0 spiro atoms. The Bertz CT molecular complexity index is 625. The predicted molar refractivity (Wildman–Crippen MR) is 98.0 cm³/mol. The Kier molecular flexibility index (Phi) is 6.01. The third-order valence-electron chi connectivity index (χ3n) is 5.27. The van der Waals surface area contributed by atoms with E-state index in [-0.39, 0.29) is 18.5 Å². The lowest BCUT2D eigenvalue weighted by Crippen LogP contribution is -2.49. The first-order valence-corrected chi connectivity index (χ1v) is 9.52. The average Bonchev–Trinajstić information content (AvgIpc) is 3.13. The first-order chi connectivity index (χ1) is 12.5. The fourth-order valence-electron chi connectivity index (χ4n) is 3.87. The fraction of sp³-hybridized carbons (Fsp3) is 0.600. The molecule has 142 valence electrons. The minimum absolute atomic E-state index is 0.197. The highest BCUT2D eigenvalue weighted by Gasteiger charge is 2.31. The molecule has 26 heavy (non-hydrogen) atoms. The van der Waals surface area contributed by atoms with Gasteiger partial charge < -0.3 is 20.1 Å². The second-order valence-electron chi connectivity index (χ2n) is 7.61. The molecule has 0 radical (unpaired) electrons. The third-order valence-corrected chi connectivity index (χ3v) is 5.27. The number of carboxylic acid groups (broad SMARTS) is 1. The summed E-state index contributed by atoms with van der Waals surface area (Å²) in [6, 6.07) is 7.62. The van der Waals surface area contributed by atoms with Crippen molar-refractivity contribution in [2.75, 3.05) is 13.1 Å². The maximum Gasteiger partial charge on any atom is 0.317 e. The fourth-order valence-corrected chi connectivity index (χ4v) is 3.87. The van der Waals surface area contributed by atoms with E-state index in [0.29, 0.717) is 25.6 Å². The van der Waals surface area contributed by atoms with Crippen molar-refractivity contribution < 1.29 is 19.4 Å². The first kappa shape index (κ1) is 18.5. The Hall–Kier alpha value is -2.24. The molecule has 1 saturated heterocycles. The number of ether oxygens (including phenoxy) is 1. The van der Waals surface area contributed by atoms with Gasteiger partial charge in [-0.15, -0.1) is 0 Å². The SMILES string of the molecule is CC1CC(C(=O)O)CN(C(=O)NCc2ccc(OC3CCCC3)cc2)C1. The Labute approximate surface area is 154 Å². The minimum atomic E-state index is -0.827. The van der Waals surface area contributed by atoms with Crippen molar-refractivity contribution in [2.24, 2.45) is 11.8 Å². The van der Waals surface area contributed by atoms with Crippen LogP contribution in [0, 0.1) is 11.8 Å². The van der Waals surface area contributed by atoms with Crippen LogP contribution in [-0.2, 0) is 11.3 Å². The molecule has 2 fully saturated rings. The molecule has 2 aliphatic rings. The summed E-state index contributed by atoms with van der Waals surface area (Å²) >= 11 is 0. The van der Waals surface area contributed by atoms with E-state index < -0.39 is 11.9 Å². The number of carbonyl (C=O) groups excluding carboxylic acids is 1. The number of amides is 2. The number of rotatable bonds is 5. The number of nitrogens with zero attached hydrogens (tertiary/aromatic N) is 1. The Balaban J connectivity index is 1.48. The summed E-state index contributed by atoms with van der Waals surface area (Å²) in [6.45, 7) is 3.28. The molecular formula is C20H28N2O4. The molecule has 1 heterocycles. The number of benzene rings is 1. The molecular weight excluding hydrogens is 332 g/mol. The summed E-state index contributed by atoms with van der Waals surface area (Å²) in [7, 11) is 0. The van der Waals surface area contributed by atoms with E-state index in [2.05, 4.69) is 5.32 Å². The van der Waals surface area contributed by atoms with Crippen molar-refractivity contribution in [3.05, 3.63) is 29.8 Å². The molecule has 0 aromatic heterocycles. The van der Waals surface area contributed by atoms with Crippen LogP contribution in [0.1, 0.15) is 44.6 Å². The number of carbonyl (C=O) groups is 2. The highest BCUT2D eigenvalue weighted by Crippen LogP contribution is 2.24. The molecule has 1 aromatic carbocycles. The van der Waals surface area contributed by atoms with E-state index >= 15 is 0 Å². The molecule has 1 saturated carbocycles. The maximum absolute atomic E-state index is 12.4. The molecule has 2 unspecified atom stereocenters. The quantitative estimate of drug-likeness (QED) is 0.845. The molecule has 6 heteroatoms. The number of likely N-dealkylation sites (tertiary alicyclic amines) is 1. The average molecular weight is 360 g/mol. The number of carboxylic acids is 1. The van der Waals surface area contributed by atoms with Gasteiger partial charge in [0.05, 0.1) is 12.0 Å². The minimum Gasteiger partial charge on any atom is -0.490 e. The van der Waals surface area contributed by atoms with Crippen molar-refractivity contribution in [1.29, 1.82) is 0 Å². The van der Waals surface area contributed by atoms with Crippen LogP contribution in [0.15, 0.2) is 24.3 Å². The van der Waals surface area contributed by atoms with Gasteiger partial charge in [-0.25, -0.2) is 4.79 Å². The topological polar surface area (TPSA) is 78.9 Å². The number of piperidine rings is 1. The lowest BCUT2D eigenvalue weighted by atomic mass is 9.91. The van der Waals surface area contributed by atoms with Crippen LogP contribution in [0.3, 0.4) is 0 Å². The van der Waals surface area contributed by atoms with Gasteiger partial charge in [0, 0.05) is 19.6 Å². The number of nitrogens with one attached hydrogen (secondary N) is 1. The van der Waals surface area contributed by atoms with Gasteiger partial charge in [-0.3, -0.25) is 4.79 Å². The second-order valence-corrected chi connectivity index (χ2v) is 7.61. The molecule has 1 aliphatic carbocycles. The van der Waals surface area contributed by atoms with Crippen LogP contribution < -0.4 is 10.1 Å². The van der Waals surface area contributed by atoms with Gasteiger partial charge in [0.2, 0.25) is 0 Å². The molecule has 1 aromatic rings. The molecule has 2 amide bonds. The summed E-state index contributed by atoms with van der Waals surface area (Å²) < 4.78 is 5.95. The summed E-state index contributed by atoms with van der Waals surface area (Å²) in [5, 5.41) is 12.1. The number of hydrogen-bond donors (Lipinski definition) is 2.